The number of piperazine rings is 1. The van der Waals surface area contributed by atoms with Crippen LogP contribution < -0.4 is 4.74 Å². The van der Waals surface area contributed by atoms with Crippen LogP contribution in [0.4, 0.5) is 0 Å². The van der Waals surface area contributed by atoms with Crippen molar-refractivity contribution in [3.63, 3.8) is 0 Å². The molecular weight excluding hydrogens is 336 g/mol. The third-order valence-corrected chi connectivity index (χ3v) is 6.52. The lowest BCUT2D eigenvalue weighted by Gasteiger charge is -2.37. The van der Waals surface area contributed by atoms with Gasteiger partial charge in [-0.25, -0.2) is 8.42 Å². The van der Waals surface area contributed by atoms with Crippen LogP contribution in [0.25, 0.3) is 0 Å². The number of likely N-dealkylation sites (N-methyl/N-ethyl adjacent to an activating group) is 1. The zero-order valence-electron chi connectivity index (χ0n) is 15.2. The number of sulfone groups is 1. The van der Waals surface area contributed by atoms with E-state index in [9.17, 15) is 8.42 Å². The van der Waals surface area contributed by atoms with Crippen LogP contribution in [0, 0.1) is 18.3 Å². The Balaban J connectivity index is 2.16. The molecule has 5 nitrogen and oxygen atoms in total. The maximum atomic E-state index is 13.1. The maximum Gasteiger partial charge on any atom is 0.194 e. The fourth-order valence-electron chi connectivity index (χ4n) is 2.86. The highest BCUT2D eigenvalue weighted by Crippen LogP contribution is 2.25. The van der Waals surface area contributed by atoms with Gasteiger partial charge in [-0.1, -0.05) is 12.8 Å². The molecule has 1 aliphatic heterocycles. The van der Waals surface area contributed by atoms with Gasteiger partial charge in [-0.3, -0.25) is 4.90 Å². The van der Waals surface area contributed by atoms with E-state index >= 15 is 0 Å². The zero-order valence-corrected chi connectivity index (χ0v) is 16.1. The topological polar surface area (TPSA) is 49.9 Å². The molecule has 25 heavy (non-hydrogen) atoms. The fourth-order valence-corrected chi connectivity index (χ4v) is 4.74. The van der Waals surface area contributed by atoms with Crippen molar-refractivity contribution in [1.82, 2.24) is 9.80 Å². The number of hydrogen-bond acceptors (Lipinski definition) is 5. The second-order valence-corrected chi connectivity index (χ2v) is 8.28. The van der Waals surface area contributed by atoms with E-state index in [-0.39, 0.29) is 0 Å². The molecule has 1 aromatic rings. The van der Waals surface area contributed by atoms with E-state index in [0.29, 0.717) is 23.7 Å². The van der Waals surface area contributed by atoms with Gasteiger partial charge in [-0.05, 0) is 51.1 Å². The predicted molar refractivity (Wildman–Crippen MR) is 100 cm³/mol. The summed E-state index contributed by atoms with van der Waals surface area (Å²) in [6, 6.07) is 6.65. The first-order valence-electron chi connectivity index (χ1n) is 8.56. The molecule has 0 amide bonds. The lowest BCUT2D eigenvalue weighted by molar-refractivity contribution is 0.139. The van der Waals surface area contributed by atoms with Gasteiger partial charge in [0.1, 0.15) is 17.7 Å². The monoisotopic (exact) mass is 363 g/mol. The van der Waals surface area contributed by atoms with E-state index in [1.807, 2.05) is 13.3 Å². The molecular formula is C19H27N2O3S. The minimum absolute atomic E-state index is 0.303. The van der Waals surface area contributed by atoms with E-state index in [0.717, 1.165) is 26.2 Å². The molecule has 0 spiro atoms. The van der Waals surface area contributed by atoms with E-state index in [4.69, 9.17) is 4.74 Å². The van der Waals surface area contributed by atoms with Crippen molar-refractivity contribution in [2.45, 2.75) is 30.5 Å². The lowest BCUT2D eigenvalue weighted by atomic mass is 10.2. The predicted octanol–water partition coefficient (Wildman–Crippen LogP) is 2.05. The van der Waals surface area contributed by atoms with Gasteiger partial charge in [0.2, 0.25) is 0 Å². The van der Waals surface area contributed by atoms with Crippen molar-refractivity contribution in [2.24, 2.45) is 0 Å². The molecule has 1 radical (unpaired) electrons. The maximum absolute atomic E-state index is 13.1. The Kier molecular flexibility index (Phi) is 7.30. The Labute approximate surface area is 151 Å². The van der Waals surface area contributed by atoms with E-state index in [1.54, 1.807) is 31.2 Å². The Morgan fingerprint density at radius 2 is 1.84 bits per heavy atom. The molecule has 1 aromatic carbocycles. The molecule has 0 aliphatic carbocycles. The second kappa shape index (κ2) is 9.23. The quantitative estimate of drug-likeness (QED) is 0.694. The smallest absolute Gasteiger partial charge is 0.194 e. The van der Waals surface area contributed by atoms with Crippen molar-refractivity contribution in [3.05, 3.63) is 30.7 Å². The summed E-state index contributed by atoms with van der Waals surface area (Å²) in [6.07, 6.45) is 2.46. The van der Waals surface area contributed by atoms with Gasteiger partial charge in [-0.2, -0.15) is 0 Å². The number of benzene rings is 1. The summed E-state index contributed by atoms with van der Waals surface area (Å²) in [5.74, 6) is 6.20. The highest BCUT2D eigenvalue weighted by atomic mass is 32.2. The number of hydrogen-bond donors (Lipinski definition) is 0. The van der Waals surface area contributed by atoms with Gasteiger partial charge < -0.3 is 9.64 Å². The van der Waals surface area contributed by atoms with Gasteiger partial charge >= 0.3 is 0 Å². The van der Waals surface area contributed by atoms with Crippen molar-refractivity contribution < 1.29 is 13.2 Å². The van der Waals surface area contributed by atoms with Crippen LogP contribution in [0.3, 0.4) is 0 Å². The highest BCUT2D eigenvalue weighted by molar-refractivity contribution is 7.92. The van der Waals surface area contributed by atoms with Crippen LogP contribution in [0.2, 0.25) is 0 Å². The summed E-state index contributed by atoms with van der Waals surface area (Å²) in [5.41, 5.74) is 0. The standard InChI is InChI=1S/C19H27N2O3S/c1-4-6-16-24-17-8-10-18(11-9-17)25(22,23)19(7-5-2)21-14-12-20(3)13-15-21/h5,8-11,19H,7,12-16H2,1-3H3. The molecule has 2 rings (SSSR count). The fraction of sp³-hybridized carbons (Fsp3) is 0.526. The van der Waals surface area contributed by atoms with Crippen molar-refractivity contribution in [3.8, 4) is 17.6 Å². The summed E-state index contributed by atoms with van der Waals surface area (Å²) in [4.78, 5) is 4.64. The molecule has 0 saturated carbocycles. The molecule has 6 heteroatoms. The second-order valence-electron chi connectivity index (χ2n) is 6.17. The molecule has 1 aliphatic rings. The molecule has 1 atom stereocenters. The summed E-state index contributed by atoms with van der Waals surface area (Å²) in [6.45, 7) is 7.28. The van der Waals surface area contributed by atoms with Gasteiger partial charge in [0.15, 0.2) is 9.84 Å². The van der Waals surface area contributed by atoms with E-state index < -0.39 is 15.2 Å². The van der Waals surface area contributed by atoms with Crippen LogP contribution in [0.1, 0.15) is 20.3 Å². The Morgan fingerprint density at radius 1 is 1.20 bits per heavy atom. The normalized spacial score (nSPS) is 17.6. The molecule has 1 heterocycles. The van der Waals surface area contributed by atoms with Crippen molar-refractivity contribution in [1.29, 1.82) is 0 Å². The number of ether oxygens (including phenoxy) is 1. The van der Waals surface area contributed by atoms with E-state index in [1.165, 1.54) is 0 Å². The molecule has 0 bridgehead atoms. The van der Waals surface area contributed by atoms with Crippen molar-refractivity contribution >= 4 is 9.84 Å². The SMILES string of the molecule is CC#CCOc1ccc(S(=O)(=O)C(C[CH]C)N2CCN(C)CC2)cc1. The number of nitrogens with zero attached hydrogens (tertiary/aromatic N) is 2. The van der Waals surface area contributed by atoms with Gasteiger partial charge in [0.25, 0.3) is 0 Å². The van der Waals surface area contributed by atoms with Gasteiger partial charge in [-0.15, -0.1) is 5.92 Å². The molecule has 0 N–H and O–H groups in total. The Hall–Kier alpha value is -1.55. The van der Waals surface area contributed by atoms with Crippen LogP contribution in [-0.4, -0.2) is 63.4 Å². The lowest BCUT2D eigenvalue weighted by Crippen LogP contribution is -2.51. The van der Waals surface area contributed by atoms with Crippen LogP contribution in [0.15, 0.2) is 29.2 Å². The van der Waals surface area contributed by atoms with Crippen molar-refractivity contribution in [2.75, 3.05) is 39.8 Å². The molecule has 1 fully saturated rings. The molecule has 1 unspecified atom stereocenters. The summed E-state index contributed by atoms with van der Waals surface area (Å²) < 4.78 is 31.7. The largest absolute Gasteiger partial charge is 0.481 e. The highest BCUT2D eigenvalue weighted by Gasteiger charge is 2.33. The Morgan fingerprint density at radius 3 is 2.40 bits per heavy atom. The van der Waals surface area contributed by atoms with Crippen LogP contribution in [-0.2, 0) is 9.84 Å². The van der Waals surface area contributed by atoms with Crippen LogP contribution in [0.5, 0.6) is 5.75 Å². The first kappa shape index (κ1) is 19.8. The zero-order chi connectivity index (χ0) is 18.3. The summed E-state index contributed by atoms with van der Waals surface area (Å²) in [5, 5.41) is -0.510. The third-order valence-electron chi connectivity index (χ3n) is 4.38. The summed E-state index contributed by atoms with van der Waals surface area (Å²) in [7, 11) is -1.37. The minimum Gasteiger partial charge on any atom is -0.481 e. The minimum atomic E-state index is -3.43. The number of rotatable bonds is 7. The van der Waals surface area contributed by atoms with Gasteiger partial charge in [0.05, 0.1) is 4.90 Å². The third kappa shape index (κ3) is 5.21. The average molecular weight is 364 g/mol. The summed E-state index contributed by atoms with van der Waals surface area (Å²) >= 11 is 0. The Bertz CT molecular complexity index is 696. The molecule has 1 saturated heterocycles. The molecule has 0 aromatic heterocycles. The molecule has 137 valence electrons. The van der Waals surface area contributed by atoms with Crippen LogP contribution >= 0.6 is 0 Å². The van der Waals surface area contributed by atoms with E-state index in [2.05, 4.69) is 28.7 Å². The average Bonchev–Trinajstić information content (AvgIpc) is 2.61. The first-order chi connectivity index (χ1) is 12.0. The first-order valence-corrected chi connectivity index (χ1v) is 10.1. The van der Waals surface area contributed by atoms with Gasteiger partial charge in [0, 0.05) is 26.2 Å².